The summed E-state index contributed by atoms with van der Waals surface area (Å²) < 4.78 is 18.2. The Morgan fingerprint density at radius 3 is 2.72 bits per heavy atom. The van der Waals surface area contributed by atoms with Crippen molar-refractivity contribution in [2.45, 2.75) is 33.1 Å². The standard InChI is InChI=1S/C19H20FNO3S/c1-3-24-19(23)16-14-10-11(2)4-9-15(14)25-18(16)21-17(22)12-5-7-13(20)8-6-12/h5-8,11H,3-4,9-10H2,1-2H3,(H,21,22). The monoisotopic (exact) mass is 361 g/mol. The summed E-state index contributed by atoms with van der Waals surface area (Å²) in [5.74, 6) is -0.666. The Balaban J connectivity index is 1.93. The number of anilines is 1. The number of rotatable bonds is 4. The average molecular weight is 361 g/mol. The van der Waals surface area contributed by atoms with Crippen LogP contribution in [-0.2, 0) is 17.6 Å². The molecule has 1 aromatic carbocycles. The number of carbonyl (C=O) groups is 2. The largest absolute Gasteiger partial charge is 0.462 e. The van der Waals surface area contributed by atoms with Gasteiger partial charge in [-0.2, -0.15) is 0 Å². The first-order chi connectivity index (χ1) is 12.0. The molecule has 1 heterocycles. The van der Waals surface area contributed by atoms with Gasteiger partial charge in [-0.05, 0) is 61.9 Å². The zero-order chi connectivity index (χ0) is 18.0. The van der Waals surface area contributed by atoms with E-state index in [1.54, 1.807) is 6.92 Å². The molecule has 0 fully saturated rings. The van der Waals surface area contributed by atoms with Gasteiger partial charge in [-0.1, -0.05) is 6.92 Å². The summed E-state index contributed by atoms with van der Waals surface area (Å²) in [4.78, 5) is 26.0. The van der Waals surface area contributed by atoms with Crippen LogP contribution < -0.4 is 5.32 Å². The van der Waals surface area contributed by atoms with Crippen molar-refractivity contribution in [2.75, 3.05) is 11.9 Å². The summed E-state index contributed by atoms with van der Waals surface area (Å²) in [5.41, 5.74) is 1.82. The molecule has 1 N–H and O–H groups in total. The van der Waals surface area contributed by atoms with Gasteiger partial charge in [0.15, 0.2) is 0 Å². The van der Waals surface area contributed by atoms with Crippen molar-refractivity contribution in [3.8, 4) is 0 Å². The van der Waals surface area contributed by atoms with Gasteiger partial charge >= 0.3 is 5.97 Å². The lowest BCUT2D eigenvalue weighted by Crippen LogP contribution is -2.17. The second-order valence-corrected chi connectivity index (χ2v) is 7.34. The third kappa shape index (κ3) is 3.74. The van der Waals surface area contributed by atoms with E-state index in [1.165, 1.54) is 35.6 Å². The fourth-order valence-electron chi connectivity index (χ4n) is 3.04. The van der Waals surface area contributed by atoms with Crippen LogP contribution in [0.4, 0.5) is 9.39 Å². The molecule has 25 heavy (non-hydrogen) atoms. The highest BCUT2D eigenvalue weighted by molar-refractivity contribution is 7.17. The van der Waals surface area contributed by atoms with Gasteiger partial charge in [-0.3, -0.25) is 4.79 Å². The number of esters is 1. The molecule has 0 saturated carbocycles. The molecule has 6 heteroatoms. The number of hydrogen-bond acceptors (Lipinski definition) is 4. The van der Waals surface area contributed by atoms with E-state index in [1.807, 2.05) is 0 Å². The van der Waals surface area contributed by atoms with Gasteiger partial charge in [0.1, 0.15) is 10.8 Å². The molecule has 0 saturated heterocycles. The minimum absolute atomic E-state index is 0.282. The number of benzene rings is 1. The van der Waals surface area contributed by atoms with Crippen LogP contribution in [0.5, 0.6) is 0 Å². The minimum atomic E-state index is -0.400. The highest BCUT2D eigenvalue weighted by atomic mass is 32.1. The van der Waals surface area contributed by atoms with E-state index in [0.29, 0.717) is 22.0 Å². The quantitative estimate of drug-likeness (QED) is 0.819. The van der Waals surface area contributed by atoms with E-state index in [0.717, 1.165) is 29.7 Å². The summed E-state index contributed by atoms with van der Waals surface area (Å²) >= 11 is 1.44. The van der Waals surface area contributed by atoms with Crippen molar-refractivity contribution in [2.24, 2.45) is 5.92 Å². The highest BCUT2D eigenvalue weighted by Gasteiger charge is 2.29. The smallest absolute Gasteiger partial charge is 0.341 e. The summed E-state index contributed by atoms with van der Waals surface area (Å²) in [6.45, 7) is 4.20. The Morgan fingerprint density at radius 1 is 1.32 bits per heavy atom. The van der Waals surface area contributed by atoms with Crippen LogP contribution >= 0.6 is 11.3 Å². The van der Waals surface area contributed by atoms with E-state index in [4.69, 9.17) is 4.74 Å². The lowest BCUT2D eigenvalue weighted by atomic mass is 9.88. The van der Waals surface area contributed by atoms with Crippen LogP contribution in [0.3, 0.4) is 0 Å². The van der Waals surface area contributed by atoms with E-state index < -0.39 is 11.8 Å². The molecule has 2 aromatic rings. The summed E-state index contributed by atoms with van der Waals surface area (Å²) in [6.07, 6.45) is 2.79. The average Bonchev–Trinajstić information content (AvgIpc) is 2.92. The molecule has 0 radical (unpaired) electrons. The molecule has 4 nitrogen and oxygen atoms in total. The van der Waals surface area contributed by atoms with Gasteiger partial charge < -0.3 is 10.1 Å². The van der Waals surface area contributed by atoms with Gasteiger partial charge in [0, 0.05) is 10.4 Å². The second kappa shape index (κ2) is 7.35. The van der Waals surface area contributed by atoms with Crippen molar-refractivity contribution in [1.82, 2.24) is 0 Å². The molecule has 3 rings (SSSR count). The third-order valence-corrected chi connectivity index (χ3v) is 5.53. The first-order valence-electron chi connectivity index (χ1n) is 8.38. The Bertz CT molecular complexity index is 798. The topological polar surface area (TPSA) is 55.4 Å². The molecule has 1 aromatic heterocycles. The lowest BCUT2D eigenvalue weighted by Gasteiger charge is -2.18. The summed E-state index contributed by atoms with van der Waals surface area (Å²) in [5, 5.41) is 3.33. The molecule has 0 spiro atoms. The molecular weight excluding hydrogens is 341 g/mol. The van der Waals surface area contributed by atoms with Gasteiger partial charge in [0.05, 0.1) is 12.2 Å². The first kappa shape index (κ1) is 17.6. The van der Waals surface area contributed by atoms with Crippen LogP contribution in [0.1, 0.15) is 51.4 Å². The van der Waals surface area contributed by atoms with Gasteiger partial charge in [0.2, 0.25) is 0 Å². The van der Waals surface area contributed by atoms with Crippen LogP contribution in [0, 0.1) is 11.7 Å². The number of halogens is 1. The second-order valence-electron chi connectivity index (χ2n) is 6.24. The Hall–Kier alpha value is -2.21. The van der Waals surface area contributed by atoms with Crippen molar-refractivity contribution in [3.63, 3.8) is 0 Å². The molecule has 0 bridgehead atoms. The third-order valence-electron chi connectivity index (χ3n) is 4.32. The normalized spacial score (nSPS) is 16.2. The molecule has 1 aliphatic rings. The van der Waals surface area contributed by atoms with Crippen LogP contribution in [0.15, 0.2) is 24.3 Å². The number of ether oxygens (including phenoxy) is 1. The van der Waals surface area contributed by atoms with Crippen LogP contribution in [0.2, 0.25) is 0 Å². The first-order valence-corrected chi connectivity index (χ1v) is 9.19. The number of thiophene rings is 1. The zero-order valence-electron chi connectivity index (χ0n) is 14.2. The number of hydrogen-bond donors (Lipinski definition) is 1. The number of amides is 1. The Morgan fingerprint density at radius 2 is 2.04 bits per heavy atom. The maximum Gasteiger partial charge on any atom is 0.341 e. The molecule has 1 aliphatic carbocycles. The van der Waals surface area contributed by atoms with Crippen LogP contribution in [0.25, 0.3) is 0 Å². The van der Waals surface area contributed by atoms with Gasteiger partial charge in [-0.25, -0.2) is 9.18 Å². The van der Waals surface area contributed by atoms with E-state index in [9.17, 15) is 14.0 Å². The molecule has 1 unspecified atom stereocenters. The maximum atomic E-state index is 13.0. The number of carbonyl (C=O) groups excluding carboxylic acids is 2. The Labute approximate surface area is 150 Å². The van der Waals surface area contributed by atoms with Gasteiger partial charge in [-0.15, -0.1) is 11.3 Å². The Kier molecular flexibility index (Phi) is 5.18. The summed E-state index contributed by atoms with van der Waals surface area (Å²) in [6, 6.07) is 5.32. The number of fused-ring (bicyclic) bond motifs is 1. The molecule has 1 amide bonds. The lowest BCUT2D eigenvalue weighted by molar-refractivity contribution is 0.0526. The molecular formula is C19H20FNO3S. The van der Waals surface area contributed by atoms with Gasteiger partial charge in [0.25, 0.3) is 5.91 Å². The SMILES string of the molecule is CCOC(=O)c1c(NC(=O)c2ccc(F)cc2)sc2c1CC(C)CC2. The fraction of sp³-hybridized carbons (Fsp3) is 0.368. The van der Waals surface area contributed by atoms with E-state index in [2.05, 4.69) is 12.2 Å². The minimum Gasteiger partial charge on any atom is -0.462 e. The highest BCUT2D eigenvalue weighted by Crippen LogP contribution is 2.40. The predicted octanol–water partition coefficient (Wildman–Crippen LogP) is 4.44. The number of nitrogens with one attached hydrogen (secondary N) is 1. The van der Waals surface area contributed by atoms with Crippen LogP contribution in [-0.4, -0.2) is 18.5 Å². The van der Waals surface area contributed by atoms with E-state index >= 15 is 0 Å². The molecule has 132 valence electrons. The maximum absolute atomic E-state index is 13.0. The molecule has 0 aliphatic heterocycles. The predicted molar refractivity (Wildman–Crippen MR) is 95.8 cm³/mol. The van der Waals surface area contributed by atoms with Crippen molar-refractivity contribution in [1.29, 1.82) is 0 Å². The van der Waals surface area contributed by atoms with Crippen molar-refractivity contribution in [3.05, 3.63) is 51.7 Å². The van der Waals surface area contributed by atoms with Crippen molar-refractivity contribution < 1.29 is 18.7 Å². The number of aryl methyl sites for hydroxylation is 1. The fourth-order valence-corrected chi connectivity index (χ4v) is 4.27. The molecule has 1 atom stereocenters. The van der Waals surface area contributed by atoms with Crippen molar-refractivity contribution >= 4 is 28.2 Å². The van der Waals surface area contributed by atoms with E-state index in [-0.39, 0.29) is 12.5 Å². The summed E-state index contributed by atoms with van der Waals surface area (Å²) in [7, 11) is 0. The zero-order valence-corrected chi connectivity index (χ0v) is 15.0.